The van der Waals surface area contributed by atoms with Gasteiger partial charge in [0.1, 0.15) is 0 Å². The third-order valence-electron chi connectivity index (χ3n) is 5.27. The summed E-state index contributed by atoms with van der Waals surface area (Å²) in [6.45, 7) is -0.515. The molecule has 0 fully saturated rings. The van der Waals surface area contributed by atoms with Gasteiger partial charge in [-0.05, 0) is 24.3 Å². The van der Waals surface area contributed by atoms with Gasteiger partial charge < -0.3 is 21.1 Å². The molecule has 0 unspecified atom stereocenters. The second-order valence-corrected chi connectivity index (χ2v) is 7.94. The number of pyridine rings is 2. The summed E-state index contributed by atoms with van der Waals surface area (Å²) < 4.78 is 43.0. The lowest BCUT2D eigenvalue weighted by atomic mass is 10.1. The van der Waals surface area contributed by atoms with Gasteiger partial charge in [0.15, 0.2) is 11.5 Å². The van der Waals surface area contributed by atoms with Crippen molar-refractivity contribution in [2.75, 3.05) is 16.9 Å². The van der Waals surface area contributed by atoms with Crippen molar-refractivity contribution in [2.45, 2.75) is 6.18 Å². The van der Waals surface area contributed by atoms with Gasteiger partial charge in [-0.1, -0.05) is 17.7 Å². The molecule has 0 atom stereocenters. The summed E-state index contributed by atoms with van der Waals surface area (Å²) in [6, 6.07) is 6.86. The standard InChI is InChI=1S/C22H18ClF3N8O3/c23-16-6-11(8-30-19(16)33(28)12(7-27)10-35)32-21(37)15-9-31-34(18(15)22(24,25)26)17-3-1-2-14-13(17)4-5-29-20(14)36/h1-9,35H,10,27-28H2,(H,29,36)(H,32,37)/b12-7-. The summed E-state index contributed by atoms with van der Waals surface area (Å²) in [5, 5.41) is 16.6. The number of aliphatic hydroxyl groups is 1. The molecule has 3 heterocycles. The van der Waals surface area contributed by atoms with Gasteiger partial charge in [-0.2, -0.15) is 18.3 Å². The van der Waals surface area contributed by atoms with Crippen molar-refractivity contribution in [3.63, 3.8) is 0 Å². The molecule has 0 saturated carbocycles. The SMILES string of the molecule is N/C=C(/CO)N(N)c1ncc(NC(=O)c2cnn(-c3cccc4c(=O)[nH]ccc34)c2C(F)(F)F)cc1Cl. The van der Waals surface area contributed by atoms with Gasteiger partial charge in [0.05, 0.1) is 46.7 Å². The lowest BCUT2D eigenvalue weighted by Crippen LogP contribution is -2.33. The Morgan fingerprint density at radius 2 is 2.03 bits per heavy atom. The fourth-order valence-corrected chi connectivity index (χ4v) is 3.84. The molecule has 0 aliphatic rings. The minimum atomic E-state index is -4.98. The summed E-state index contributed by atoms with van der Waals surface area (Å²) in [7, 11) is 0. The van der Waals surface area contributed by atoms with Crippen molar-refractivity contribution < 1.29 is 23.1 Å². The number of aromatic amines is 1. The fourth-order valence-electron chi connectivity index (χ4n) is 3.58. The lowest BCUT2D eigenvalue weighted by molar-refractivity contribution is -0.143. The van der Waals surface area contributed by atoms with E-state index in [1.54, 1.807) is 0 Å². The Labute approximate surface area is 210 Å². The second kappa shape index (κ2) is 9.93. The zero-order chi connectivity index (χ0) is 26.9. The number of hydrogen-bond acceptors (Lipinski definition) is 8. The second-order valence-electron chi connectivity index (χ2n) is 7.53. The Hall–Kier alpha value is -4.40. The van der Waals surface area contributed by atoms with Crippen molar-refractivity contribution in [2.24, 2.45) is 11.6 Å². The van der Waals surface area contributed by atoms with Crippen LogP contribution < -0.4 is 27.5 Å². The fraction of sp³-hybridized carbons (Fsp3) is 0.0909. The Morgan fingerprint density at radius 1 is 1.27 bits per heavy atom. The van der Waals surface area contributed by atoms with E-state index < -0.39 is 35.5 Å². The Kier molecular flexibility index (Phi) is 6.89. The number of alkyl halides is 3. The maximum atomic E-state index is 14.2. The Morgan fingerprint density at radius 3 is 2.68 bits per heavy atom. The van der Waals surface area contributed by atoms with Crippen LogP contribution in [0.3, 0.4) is 0 Å². The molecule has 4 aromatic rings. The van der Waals surface area contributed by atoms with Crippen molar-refractivity contribution in [1.29, 1.82) is 0 Å². The van der Waals surface area contributed by atoms with Gasteiger partial charge in [-0.25, -0.2) is 15.5 Å². The zero-order valence-corrected chi connectivity index (χ0v) is 19.4. The molecular formula is C22H18ClF3N8O3. The van der Waals surface area contributed by atoms with E-state index in [4.69, 9.17) is 23.2 Å². The van der Waals surface area contributed by atoms with Crippen LogP contribution in [-0.4, -0.2) is 37.4 Å². The van der Waals surface area contributed by atoms with Crippen LogP contribution in [0.2, 0.25) is 5.02 Å². The molecule has 4 rings (SSSR count). The predicted molar refractivity (Wildman–Crippen MR) is 130 cm³/mol. The van der Waals surface area contributed by atoms with Crippen molar-refractivity contribution >= 4 is 39.8 Å². The molecule has 0 aliphatic carbocycles. The molecule has 0 saturated heterocycles. The van der Waals surface area contributed by atoms with Gasteiger partial charge in [-0.3, -0.25) is 14.6 Å². The summed E-state index contributed by atoms with van der Waals surface area (Å²) in [5.41, 5.74) is 2.76. The van der Waals surface area contributed by atoms with E-state index in [2.05, 4.69) is 20.4 Å². The number of nitrogens with zero attached hydrogens (tertiary/aromatic N) is 4. The molecule has 0 aliphatic heterocycles. The average molecular weight is 535 g/mol. The highest BCUT2D eigenvalue weighted by atomic mass is 35.5. The average Bonchev–Trinajstić information content (AvgIpc) is 3.31. The minimum Gasteiger partial charge on any atom is -0.403 e. The number of aromatic nitrogens is 4. The van der Waals surface area contributed by atoms with E-state index in [0.29, 0.717) is 4.68 Å². The van der Waals surface area contributed by atoms with Crippen molar-refractivity contribution in [1.82, 2.24) is 19.7 Å². The number of carbonyl (C=O) groups is 1. The zero-order valence-electron chi connectivity index (χ0n) is 18.6. The monoisotopic (exact) mass is 534 g/mol. The van der Waals surface area contributed by atoms with Gasteiger partial charge in [0.25, 0.3) is 11.5 Å². The van der Waals surface area contributed by atoms with E-state index in [0.717, 1.165) is 23.6 Å². The highest BCUT2D eigenvalue weighted by Crippen LogP contribution is 2.35. The molecular weight excluding hydrogens is 517 g/mol. The van der Waals surface area contributed by atoms with Crippen LogP contribution in [0, 0.1) is 0 Å². The third-order valence-corrected chi connectivity index (χ3v) is 5.55. The van der Waals surface area contributed by atoms with E-state index in [9.17, 15) is 27.9 Å². The summed E-state index contributed by atoms with van der Waals surface area (Å²) >= 11 is 6.16. The Balaban J connectivity index is 1.72. The largest absolute Gasteiger partial charge is 0.434 e. The molecule has 0 bridgehead atoms. The molecule has 1 aromatic carbocycles. The Bertz CT molecular complexity index is 1580. The van der Waals surface area contributed by atoms with Crippen molar-refractivity contribution in [3.8, 4) is 5.69 Å². The lowest BCUT2D eigenvalue weighted by Gasteiger charge is -2.20. The van der Waals surface area contributed by atoms with Crippen LogP contribution >= 0.6 is 11.6 Å². The summed E-state index contributed by atoms with van der Waals surface area (Å²) in [6.07, 6.45) is -0.764. The number of anilines is 2. The number of rotatable bonds is 6. The molecule has 0 radical (unpaired) electrons. The van der Waals surface area contributed by atoms with Gasteiger partial charge in [-0.15, -0.1) is 0 Å². The van der Waals surface area contributed by atoms with Crippen molar-refractivity contribution in [3.05, 3.63) is 87.5 Å². The number of nitrogens with one attached hydrogen (secondary N) is 2. The first-order valence-electron chi connectivity index (χ1n) is 10.4. The topological polar surface area (TPSA) is 168 Å². The molecule has 11 nitrogen and oxygen atoms in total. The quantitative estimate of drug-likeness (QED) is 0.186. The molecule has 192 valence electrons. The smallest absolute Gasteiger partial charge is 0.403 e. The first kappa shape index (κ1) is 25.7. The molecule has 1 amide bonds. The number of benzene rings is 1. The molecule has 37 heavy (non-hydrogen) atoms. The summed E-state index contributed by atoms with van der Waals surface area (Å²) in [4.78, 5) is 31.4. The maximum Gasteiger partial charge on any atom is 0.434 e. The number of fused-ring (bicyclic) bond motifs is 1. The maximum absolute atomic E-state index is 14.2. The number of aliphatic hydroxyl groups excluding tert-OH is 1. The first-order chi connectivity index (χ1) is 17.6. The number of hydrogen-bond donors (Lipinski definition) is 5. The van der Waals surface area contributed by atoms with Crippen LogP contribution in [0.15, 0.2) is 65.6 Å². The summed E-state index contributed by atoms with van der Waals surface area (Å²) in [5.74, 6) is 4.65. The van der Waals surface area contributed by atoms with Gasteiger partial charge >= 0.3 is 6.18 Å². The first-order valence-corrected chi connectivity index (χ1v) is 10.7. The van der Waals surface area contributed by atoms with E-state index in [1.807, 2.05) is 0 Å². The number of hydrazine groups is 1. The third kappa shape index (κ3) is 4.84. The van der Waals surface area contributed by atoms with Gasteiger partial charge in [0, 0.05) is 23.2 Å². The van der Waals surface area contributed by atoms with Crippen LogP contribution in [0.1, 0.15) is 16.1 Å². The predicted octanol–water partition coefficient (Wildman–Crippen LogP) is 2.51. The van der Waals surface area contributed by atoms with Crippen LogP contribution in [0.4, 0.5) is 24.7 Å². The number of nitrogens with two attached hydrogens (primary N) is 2. The highest BCUT2D eigenvalue weighted by Gasteiger charge is 2.41. The van der Waals surface area contributed by atoms with Gasteiger partial charge in [0.2, 0.25) is 0 Å². The van der Waals surface area contributed by atoms with Crippen LogP contribution in [0.5, 0.6) is 0 Å². The van der Waals surface area contributed by atoms with Crippen LogP contribution in [-0.2, 0) is 6.18 Å². The molecule has 15 heteroatoms. The minimum absolute atomic E-state index is 0.0276. The highest BCUT2D eigenvalue weighted by molar-refractivity contribution is 6.33. The normalized spacial score (nSPS) is 12.1. The van der Waals surface area contributed by atoms with E-state index >= 15 is 0 Å². The van der Waals surface area contributed by atoms with E-state index in [1.165, 1.54) is 36.5 Å². The number of H-pyrrole nitrogens is 1. The molecule has 3 aromatic heterocycles. The number of amides is 1. The molecule has 7 N–H and O–H groups in total. The number of halogens is 4. The number of carbonyl (C=O) groups excluding carboxylic acids is 1. The van der Waals surface area contributed by atoms with E-state index in [-0.39, 0.29) is 38.7 Å². The van der Waals surface area contributed by atoms with Crippen LogP contribution in [0.25, 0.3) is 16.5 Å². The molecule has 0 spiro atoms.